The number of phenolic OH excluding ortho intramolecular Hbond substituents is 1. The lowest BCUT2D eigenvalue weighted by Gasteiger charge is -2.26. The lowest BCUT2D eigenvalue weighted by molar-refractivity contribution is 0.477. The Kier molecular flexibility index (Phi) is 10.1. The highest BCUT2D eigenvalue weighted by Crippen LogP contribution is 2.42. The molecule has 1 N–H and O–H groups in total. The molecule has 0 atom stereocenters. The summed E-state index contributed by atoms with van der Waals surface area (Å²) in [5.41, 5.74) is 17.5. The maximum atomic E-state index is 11.1. The summed E-state index contributed by atoms with van der Waals surface area (Å²) in [6.45, 7) is 13.6. The fourth-order valence-electron chi connectivity index (χ4n) is 8.87. The van der Waals surface area contributed by atoms with Gasteiger partial charge in [-0.1, -0.05) is 145 Å². The summed E-state index contributed by atoms with van der Waals surface area (Å²) < 4.78 is 2.42. The number of nitrogens with zero attached hydrogens (tertiary/aromatic N) is 4. The monoisotopic (exact) mass is 830 g/mol. The minimum Gasteiger partial charge on any atom is -0.507 e. The fraction of sp³-hybridized carbons (Fsp3) is 0.136. The van der Waals surface area contributed by atoms with Gasteiger partial charge < -0.3 is 9.67 Å². The number of benzene rings is 6. The van der Waals surface area contributed by atoms with Gasteiger partial charge >= 0.3 is 0 Å². The molecule has 0 aliphatic rings. The van der Waals surface area contributed by atoms with E-state index in [1.807, 2.05) is 36.8 Å². The van der Waals surface area contributed by atoms with E-state index in [4.69, 9.17) is 9.97 Å². The normalized spacial score (nSPS) is 12.0. The number of hydrogen-bond donors (Lipinski definition) is 1. The summed E-state index contributed by atoms with van der Waals surface area (Å²) in [5.74, 6) is 0.196. The van der Waals surface area contributed by atoms with E-state index in [0.717, 1.165) is 72.6 Å². The van der Waals surface area contributed by atoms with Crippen LogP contribution in [-0.4, -0.2) is 24.6 Å². The third kappa shape index (κ3) is 7.53. The molecule has 0 spiro atoms. The van der Waals surface area contributed by atoms with Gasteiger partial charge in [0.25, 0.3) is 0 Å². The molecule has 0 radical (unpaired) electrons. The smallest absolute Gasteiger partial charge is 0.124 e. The van der Waals surface area contributed by atoms with Crippen molar-refractivity contribution in [2.24, 2.45) is 0 Å². The summed E-state index contributed by atoms with van der Waals surface area (Å²) in [4.78, 5) is 14.5. The molecular weight excluding hydrogens is 781 g/mol. The highest BCUT2D eigenvalue weighted by Gasteiger charge is 2.23. The molecule has 4 aromatic heterocycles. The average Bonchev–Trinajstić information content (AvgIpc) is 3.66. The van der Waals surface area contributed by atoms with Crippen LogP contribution >= 0.6 is 0 Å². The number of para-hydroxylation sites is 4. The molecule has 5 heteroatoms. The summed E-state index contributed by atoms with van der Waals surface area (Å²) in [5, 5.41) is 13.5. The van der Waals surface area contributed by atoms with E-state index < -0.39 is 0 Å². The van der Waals surface area contributed by atoms with Crippen LogP contribution in [0.15, 0.2) is 188 Å². The molecule has 4 heterocycles. The van der Waals surface area contributed by atoms with Crippen molar-refractivity contribution in [2.45, 2.75) is 52.4 Å². The molecule has 10 aromatic rings. The molecule has 5 nitrogen and oxygen atoms in total. The molecule has 312 valence electrons. The van der Waals surface area contributed by atoms with E-state index >= 15 is 0 Å². The van der Waals surface area contributed by atoms with Gasteiger partial charge in [-0.15, -0.1) is 0 Å². The van der Waals surface area contributed by atoms with Crippen LogP contribution in [0.3, 0.4) is 0 Å². The first-order valence-corrected chi connectivity index (χ1v) is 22.0. The number of fused-ring (bicyclic) bond motifs is 3. The van der Waals surface area contributed by atoms with Gasteiger partial charge in [0.2, 0.25) is 0 Å². The van der Waals surface area contributed by atoms with Crippen LogP contribution in [0.5, 0.6) is 5.75 Å². The van der Waals surface area contributed by atoms with Gasteiger partial charge in [-0.2, -0.15) is 0 Å². The number of rotatable bonds is 7. The van der Waals surface area contributed by atoms with Crippen LogP contribution in [-0.2, 0) is 10.8 Å². The van der Waals surface area contributed by atoms with E-state index in [-0.39, 0.29) is 16.6 Å². The number of pyridine rings is 3. The molecule has 6 aromatic carbocycles. The second-order valence-electron chi connectivity index (χ2n) is 18.8. The number of hydrogen-bond acceptors (Lipinski definition) is 4. The van der Waals surface area contributed by atoms with Gasteiger partial charge in [0, 0.05) is 57.2 Å². The maximum absolute atomic E-state index is 11.1. The Morgan fingerprint density at radius 1 is 0.422 bits per heavy atom. The Labute approximate surface area is 375 Å². The van der Waals surface area contributed by atoms with Crippen molar-refractivity contribution in [3.63, 3.8) is 0 Å². The van der Waals surface area contributed by atoms with Crippen LogP contribution < -0.4 is 0 Å². The number of phenols is 1. The SMILES string of the molecule is CC(C)(C)c1cc(-c2cc(-c3cccc(-c4cc(-c5cccc6c7ccccc7n(-c7ccccc7-c7ccncc7)c56)ccn4)c3)nc(-c3ccccc3O)c2)cc(C(C)(C)C)c1. The van der Waals surface area contributed by atoms with E-state index in [2.05, 4.69) is 197 Å². The molecule has 64 heavy (non-hydrogen) atoms. The summed E-state index contributed by atoms with van der Waals surface area (Å²) in [7, 11) is 0. The summed E-state index contributed by atoms with van der Waals surface area (Å²) in [6, 6.07) is 59.5. The van der Waals surface area contributed by atoms with Crippen molar-refractivity contribution in [1.82, 2.24) is 19.5 Å². The van der Waals surface area contributed by atoms with E-state index in [1.54, 1.807) is 6.07 Å². The van der Waals surface area contributed by atoms with Crippen LogP contribution in [0.4, 0.5) is 0 Å². The van der Waals surface area contributed by atoms with E-state index in [0.29, 0.717) is 11.3 Å². The van der Waals surface area contributed by atoms with Crippen molar-refractivity contribution < 1.29 is 5.11 Å². The third-order valence-electron chi connectivity index (χ3n) is 12.4. The van der Waals surface area contributed by atoms with Crippen molar-refractivity contribution >= 4 is 21.8 Å². The predicted molar refractivity (Wildman–Crippen MR) is 266 cm³/mol. The molecule has 0 unspecified atom stereocenters. The van der Waals surface area contributed by atoms with Gasteiger partial charge in [0.15, 0.2) is 0 Å². The second-order valence-corrected chi connectivity index (χ2v) is 18.8. The summed E-state index contributed by atoms with van der Waals surface area (Å²) in [6.07, 6.45) is 5.62. The maximum Gasteiger partial charge on any atom is 0.124 e. The van der Waals surface area contributed by atoms with Gasteiger partial charge in [0.05, 0.1) is 33.8 Å². The van der Waals surface area contributed by atoms with E-state index in [9.17, 15) is 5.11 Å². The summed E-state index contributed by atoms with van der Waals surface area (Å²) >= 11 is 0. The van der Waals surface area contributed by atoms with Gasteiger partial charge in [-0.25, -0.2) is 4.98 Å². The molecule has 0 saturated carbocycles. The first-order valence-electron chi connectivity index (χ1n) is 22.0. The molecule has 0 saturated heterocycles. The van der Waals surface area contributed by atoms with Crippen molar-refractivity contribution in [3.05, 3.63) is 200 Å². The highest BCUT2D eigenvalue weighted by molar-refractivity contribution is 6.14. The fourth-order valence-corrected chi connectivity index (χ4v) is 8.87. The van der Waals surface area contributed by atoms with Crippen LogP contribution in [0.1, 0.15) is 52.7 Å². The highest BCUT2D eigenvalue weighted by atomic mass is 16.3. The Morgan fingerprint density at radius 3 is 1.75 bits per heavy atom. The average molecular weight is 831 g/mol. The van der Waals surface area contributed by atoms with E-state index in [1.165, 1.54) is 21.9 Å². The molecule has 0 aliphatic heterocycles. The molecule has 0 aliphatic carbocycles. The van der Waals surface area contributed by atoms with Crippen LogP contribution in [0.25, 0.3) is 94.6 Å². The van der Waals surface area contributed by atoms with Gasteiger partial charge in [-0.05, 0) is 111 Å². The van der Waals surface area contributed by atoms with Gasteiger partial charge in [0.1, 0.15) is 5.75 Å². The van der Waals surface area contributed by atoms with Crippen LogP contribution in [0, 0.1) is 0 Å². The zero-order valence-corrected chi connectivity index (χ0v) is 37.1. The second kappa shape index (κ2) is 15.9. The topological polar surface area (TPSA) is 63.8 Å². The Morgan fingerprint density at radius 2 is 1.00 bits per heavy atom. The third-order valence-corrected chi connectivity index (χ3v) is 12.4. The first kappa shape index (κ1) is 40.4. The molecule has 0 amide bonds. The standard InChI is InChI=1S/C59H50N4O/c1-58(2,3)44-32-42(33-45(37-44)59(4,5)6)43-35-52(62-53(36-43)50-19-9-12-24-56(50)64)41-16-13-15-40(31-41)51-34-39(27-30-61-51)47-20-14-21-49-48-18-8-11-23-55(48)63(57(47)49)54-22-10-7-17-46(54)38-25-28-60-29-26-38/h7-37,64H,1-6H3. The van der Waals surface area contributed by atoms with Crippen molar-refractivity contribution in [3.8, 4) is 78.6 Å². The molecule has 10 rings (SSSR count). The van der Waals surface area contributed by atoms with Crippen molar-refractivity contribution in [2.75, 3.05) is 0 Å². The largest absolute Gasteiger partial charge is 0.507 e. The quantitative estimate of drug-likeness (QED) is 0.174. The molecule has 0 bridgehead atoms. The Hall–Kier alpha value is -7.63. The lowest BCUT2D eigenvalue weighted by Crippen LogP contribution is -2.16. The minimum absolute atomic E-state index is 0.0467. The van der Waals surface area contributed by atoms with Crippen LogP contribution in [0.2, 0.25) is 0 Å². The zero-order valence-electron chi connectivity index (χ0n) is 37.1. The first-order chi connectivity index (χ1) is 30.9. The Bertz CT molecular complexity index is 3340. The predicted octanol–water partition coefficient (Wildman–Crippen LogP) is 15.3. The Balaban J connectivity index is 1.12. The lowest BCUT2D eigenvalue weighted by atomic mass is 9.79. The van der Waals surface area contributed by atoms with Crippen molar-refractivity contribution in [1.29, 1.82) is 0 Å². The minimum atomic E-state index is -0.0467. The zero-order chi connectivity index (χ0) is 44.2. The number of aromatic nitrogens is 4. The van der Waals surface area contributed by atoms with Gasteiger partial charge in [-0.3, -0.25) is 9.97 Å². The number of aromatic hydroxyl groups is 1. The molecular formula is C59H50N4O. The molecule has 0 fully saturated rings.